The van der Waals surface area contributed by atoms with Gasteiger partial charge in [-0.3, -0.25) is 9.59 Å². The summed E-state index contributed by atoms with van der Waals surface area (Å²) in [6.45, 7) is 8.89. The third kappa shape index (κ3) is 3.40. The third-order valence-corrected chi connectivity index (χ3v) is 4.59. The molecule has 0 radical (unpaired) electrons. The van der Waals surface area contributed by atoms with Crippen molar-refractivity contribution in [1.82, 2.24) is 10.2 Å². The number of nitrogens with zero attached hydrogens (tertiary/aromatic N) is 1. The van der Waals surface area contributed by atoms with Gasteiger partial charge in [0.1, 0.15) is 5.54 Å². The van der Waals surface area contributed by atoms with Crippen molar-refractivity contribution < 1.29 is 9.59 Å². The van der Waals surface area contributed by atoms with Crippen molar-refractivity contribution in [2.75, 3.05) is 13.1 Å². The fourth-order valence-corrected chi connectivity index (χ4v) is 3.20. The molecule has 0 saturated carbocycles. The molecule has 1 N–H and O–H groups in total. The smallest absolute Gasteiger partial charge is 0.254 e. The number of amides is 2. The minimum atomic E-state index is -0.805. The van der Waals surface area contributed by atoms with E-state index in [4.69, 9.17) is 0 Å². The Hall–Kier alpha value is -1.49. The highest BCUT2D eigenvalue weighted by Crippen LogP contribution is 2.25. The van der Waals surface area contributed by atoms with Crippen molar-refractivity contribution in [2.45, 2.75) is 43.4 Å². The molecule has 0 aliphatic carbocycles. The Kier molecular flexibility index (Phi) is 4.61. The molecule has 2 amide bonds. The van der Waals surface area contributed by atoms with Gasteiger partial charge in [0.2, 0.25) is 5.91 Å². The van der Waals surface area contributed by atoms with Crippen LogP contribution in [0.4, 0.5) is 0 Å². The maximum absolute atomic E-state index is 12.6. The highest BCUT2D eigenvalue weighted by molar-refractivity contribution is 7.99. The lowest BCUT2D eigenvalue weighted by Gasteiger charge is -2.41. The summed E-state index contributed by atoms with van der Waals surface area (Å²) in [5.41, 5.74) is -0.174. The molecule has 0 atom stereocenters. The standard InChI is InChI=1S/C16H22N2O2S/c1-11(2)21-13-7-5-12(6-8-13)14(19)18-10-9-17-15(20)16(18,3)4/h5-8,11H,9-10H2,1-4H3,(H,17,20). The number of carbonyl (C=O) groups excluding carboxylic acids is 2. The van der Waals surface area contributed by atoms with Gasteiger partial charge in [-0.05, 0) is 38.1 Å². The van der Waals surface area contributed by atoms with Crippen molar-refractivity contribution in [1.29, 1.82) is 0 Å². The lowest BCUT2D eigenvalue weighted by molar-refractivity contribution is -0.133. The van der Waals surface area contributed by atoms with Crippen molar-refractivity contribution in [3.8, 4) is 0 Å². The summed E-state index contributed by atoms with van der Waals surface area (Å²) in [5, 5.41) is 3.31. The maximum Gasteiger partial charge on any atom is 0.254 e. The van der Waals surface area contributed by atoms with E-state index in [9.17, 15) is 9.59 Å². The molecule has 1 aromatic carbocycles. The Morgan fingerprint density at radius 1 is 1.29 bits per heavy atom. The SMILES string of the molecule is CC(C)Sc1ccc(C(=O)N2CCNC(=O)C2(C)C)cc1. The summed E-state index contributed by atoms with van der Waals surface area (Å²) in [6.07, 6.45) is 0. The number of carbonyl (C=O) groups is 2. The summed E-state index contributed by atoms with van der Waals surface area (Å²) in [5.74, 6) is -0.190. The number of benzene rings is 1. The second-order valence-electron chi connectivity index (χ2n) is 5.96. The van der Waals surface area contributed by atoms with E-state index in [2.05, 4.69) is 19.2 Å². The fraction of sp³-hybridized carbons (Fsp3) is 0.500. The molecule has 1 aliphatic heterocycles. The van der Waals surface area contributed by atoms with E-state index >= 15 is 0 Å². The van der Waals surface area contributed by atoms with E-state index in [1.807, 2.05) is 24.3 Å². The second-order valence-corrected chi connectivity index (χ2v) is 7.61. The van der Waals surface area contributed by atoms with Gasteiger partial charge in [-0.2, -0.15) is 0 Å². The fourth-order valence-electron chi connectivity index (χ4n) is 2.36. The van der Waals surface area contributed by atoms with Crippen LogP contribution in [0.25, 0.3) is 0 Å². The van der Waals surface area contributed by atoms with Gasteiger partial charge in [-0.25, -0.2) is 0 Å². The van der Waals surface area contributed by atoms with Crippen LogP contribution in [0, 0.1) is 0 Å². The molecular weight excluding hydrogens is 284 g/mol. The number of rotatable bonds is 3. The maximum atomic E-state index is 12.6. The van der Waals surface area contributed by atoms with Crippen LogP contribution in [0.2, 0.25) is 0 Å². The van der Waals surface area contributed by atoms with Crippen LogP contribution in [-0.2, 0) is 4.79 Å². The highest BCUT2D eigenvalue weighted by atomic mass is 32.2. The Labute approximate surface area is 130 Å². The van der Waals surface area contributed by atoms with Gasteiger partial charge in [0, 0.05) is 28.8 Å². The average Bonchev–Trinajstić information content (AvgIpc) is 2.41. The van der Waals surface area contributed by atoms with Gasteiger partial charge >= 0.3 is 0 Å². The first-order valence-corrected chi connectivity index (χ1v) is 8.07. The first kappa shape index (κ1) is 15.9. The molecule has 0 spiro atoms. The van der Waals surface area contributed by atoms with Crippen LogP contribution < -0.4 is 5.32 Å². The van der Waals surface area contributed by atoms with E-state index in [1.54, 1.807) is 30.5 Å². The summed E-state index contributed by atoms with van der Waals surface area (Å²) in [7, 11) is 0. The van der Waals surface area contributed by atoms with Gasteiger partial charge < -0.3 is 10.2 Å². The first-order chi connectivity index (χ1) is 9.82. The molecule has 4 nitrogen and oxygen atoms in total. The summed E-state index contributed by atoms with van der Waals surface area (Å²) in [6, 6.07) is 7.62. The van der Waals surface area contributed by atoms with Crippen LogP contribution in [0.5, 0.6) is 0 Å². The average molecular weight is 306 g/mol. The van der Waals surface area contributed by atoms with Crippen molar-refractivity contribution >= 4 is 23.6 Å². The highest BCUT2D eigenvalue weighted by Gasteiger charge is 2.40. The summed E-state index contributed by atoms with van der Waals surface area (Å²) in [4.78, 5) is 27.4. The van der Waals surface area contributed by atoms with Gasteiger partial charge in [-0.15, -0.1) is 11.8 Å². The van der Waals surface area contributed by atoms with E-state index in [1.165, 1.54) is 0 Å². The monoisotopic (exact) mass is 306 g/mol. The zero-order valence-electron chi connectivity index (χ0n) is 13.0. The van der Waals surface area contributed by atoms with Crippen LogP contribution >= 0.6 is 11.8 Å². The normalized spacial score (nSPS) is 17.8. The molecule has 0 aromatic heterocycles. The molecule has 1 fully saturated rings. The molecule has 0 bridgehead atoms. The molecule has 5 heteroatoms. The van der Waals surface area contributed by atoms with E-state index in [0.29, 0.717) is 23.9 Å². The molecule has 1 aliphatic rings. The quantitative estimate of drug-likeness (QED) is 0.873. The molecule has 1 heterocycles. The summed E-state index contributed by atoms with van der Waals surface area (Å²) < 4.78 is 0. The van der Waals surface area contributed by atoms with Crippen molar-refractivity contribution in [3.63, 3.8) is 0 Å². The van der Waals surface area contributed by atoms with Crippen LogP contribution in [0.3, 0.4) is 0 Å². The van der Waals surface area contributed by atoms with Crippen molar-refractivity contribution in [3.05, 3.63) is 29.8 Å². The van der Waals surface area contributed by atoms with Crippen LogP contribution in [0.15, 0.2) is 29.2 Å². The van der Waals surface area contributed by atoms with Crippen LogP contribution in [-0.4, -0.2) is 40.6 Å². The second kappa shape index (κ2) is 6.10. The molecule has 114 valence electrons. The Balaban J connectivity index is 2.17. The number of hydrogen-bond acceptors (Lipinski definition) is 3. The minimum absolute atomic E-state index is 0.0871. The van der Waals surface area contributed by atoms with Crippen LogP contribution in [0.1, 0.15) is 38.1 Å². The summed E-state index contributed by atoms with van der Waals surface area (Å²) >= 11 is 1.77. The van der Waals surface area contributed by atoms with Gasteiger partial charge in [0.25, 0.3) is 5.91 Å². The molecular formula is C16H22N2O2S. The zero-order chi connectivity index (χ0) is 15.6. The van der Waals surface area contributed by atoms with E-state index in [0.717, 1.165) is 4.90 Å². The first-order valence-electron chi connectivity index (χ1n) is 7.19. The number of piperazine rings is 1. The van der Waals surface area contributed by atoms with E-state index < -0.39 is 5.54 Å². The van der Waals surface area contributed by atoms with E-state index in [-0.39, 0.29) is 11.8 Å². The van der Waals surface area contributed by atoms with Crippen molar-refractivity contribution in [2.24, 2.45) is 0 Å². The molecule has 2 rings (SSSR count). The predicted octanol–water partition coefficient (Wildman–Crippen LogP) is 2.54. The Morgan fingerprint density at radius 2 is 1.90 bits per heavy atom. The molecule has 21 heavy (non-hydrogen) atoms. The molecule has 1 aromatic rings. The lowest BCUT2D eigenvalue weighted by atomic mass is 9.97. The predicted molar refractivity (Wildman–Crippen MR) is 85.6 cm³/mol. The Morgan fingerprint density at radius 3 is 2.48 bits per heavy atom. The van der Waals surface area contributed by atoms with Gasteiger partial charge in [0.05, 0.1) is 0 Å². The Bertz CT molecular complexity index is 538. The minimum Gasteiger partial charge on any atom is -0.352 e. The largest absolute Gasteiger partial charge is 0.352 e. The number of hydrogen-bond donors (Lipinski definition) is 1. The molecule has 1 saturated heterocycles. The number of thioether (sulfide) groups is 1. The zero-order valence-corrected chi connectivity index (χ0v) is 13.8. The third-order valence-electron chi connectivity index (χ3n) is 3.57. The lowest BCUT2D eigenvalue weighted by Crippen LogP contribution is -2.63. The number of nitrogens with one attached hydrogen (secondary N) is 1. The van der Waals surface area contributed by atoms with Gasteiger partial charge in [0.15, 0.2) is 0 Å². The topological polar surface area (TPSA) is 49.4 Å². The molecule has 0 unspecified atom stereocenters. The van der Waals surface area contributed by atoms with Gasteiger partial charge in [-0.1, -0.05) is 13.8 Å².